The van der Waals surface area contributed by atoms with E-state index in [0.29, 0.717) is 0 Å². The van der Waals surface area contributed by atoms with Gasteiger partial charge in [0.15, 0.2) is 0 Å². The van der Waals surface area contributed by atoms with Crippen LogP contribution < -0.4 is 0 Å². The number of nitrogens with zero attached hydrogens (tertiary/aromatic N) is 2. The van der Waals surface area contributed by atoms with E-state index in [1.807, 2.05) is 0 Å². The first-order chi connectivity index (χ1) is 15.5. The van der Waals surface area contributed by atoms with Crippen LogP contribution in [0.3, 0.4) is 0 Å². The van der Waals surface area contributed by atoms with E-state index in [1.165, 1.54) is 13.1 Å². The van der Waals surface area contributed by atoms with E-state index in [1.54, 1.807) is 0 Å². The second-order valence-corrected chi connectivity index (χ2v) is 41.8. The summed E-state index contributed by atoms with van der Waals surface area (Å²) in [5, 5.41) is 0. The molecule has 2 atom stereocenters. The van der Waals surface area contributed by atoms with Gasteiger partial charge in [-0.3, -0.25) is 0 Å². The highest BCUT2D eigenvalue weighted by molar-refractivity contribution is 6.90. The van der Waals surface area contributed by atoms with Crippen molar-refractivity contribution in [2.24, 2.45) is 0 Å². The molecule has 0 saturated carbocycles. The van der Waals surface area contributed by atoms with Crippen molar-refractivity contribution in [2.75, 3.05) is 26.3 Å². The second kappa shape index (κ2) is 13.9. The summed E-state index contributed by atoms with van der Waals surface area (Å²) < 4.78 is 25.7. The van der Waals surface area contributed by atoms with Crippen LogP contribution >= 0.6 is 0 Å². The second-order valence-electron chi connectivity index (χ2n) is 14.4. The van der Waals surface area contributed by atoms with Gasteiger partial charge in [0.25, 0.3) is 0 Å². The number of hydrogen-bond acceptors (Lipinski definition) is 5. The SMILES string of the molecule is CCO[Si](C)(CCCN([Si](C)(C)C)[Si](C)(C)C)O[Si](C)(CCCN([Si](C)(C)C)[Si](C)(C)C)OCC. The van der Waals surface area contributed by atoms with Gasteiger partial charge in [-0.15, -0.1) is 0 Å². The molecule has 0 aromatic rings. The first-order valence-electron chi connectivity index (χ1n) is 14.0. The minimum absolute atomic E-state index is 0.726. The van der Waals surface area contributed by atoms with Gasteiger partial charge < -0.3 is 21.4 Å². The van der Waals surface area contributed by atoms with Crippen LogP contribution in [0.4, 0.5) is 0 Å². The summed E-state index contributed by atoms with van der Waals surface area (Å²) in [4.78, 5) is 0. The van der Waals surface area contributed by atoms with Crippen molar-refractivity contribution in [3.63, 3.8) is 0 Å². The van der Waals surface area contributed by atoms with Crippen molar-refractivity contribution in [1.82, 2.24) is 8.46 Å². The molecular formula is C24H64N2O3Si6. The predicted molar refractivity (Wildman–Crippen MR) is 173 cm³/mol. The zero-order valence-corrected chi connectivity index (χ0v) is 32.8. The lowest BCUT2D eigenvalue weighted by molar-refractivity contribution is 0.197. The molecule has 0 aliphatic carbocycles. The van der Waals surface area contributed by atoms with Crippen molar-refractivity contribution in [3.05, 3.63) is 0 Å². The summed E-state index contributed by atoms with van der Waals surface area (Å²) in [5.41, 5.74) is 0. The maximum Gasteiger partial charge on any atom is 0.326 e. The Bertz CT molecular complexity index is 536. The molecule has 0 N–H and O–H groups in total. The molecule has 212 valence electrons. The fraction of sp³-hybridized carbons (Fsp3) is 1.00. The topological polar surface area (TPSA) is 34.2 Å². The van der Waals surface area contributed by atoms with Gasteiger partial charge in [-0.05, 0) is 65.0 Å². The highest BCUT2D eigenvalue weighted by Gasteiger charge is 2.44. The molecule has 0 amide bonds. The average Bonchev–Trinajstić information content (AvgIpc) is 2.58. The molecule has 35 heavy (non-hydrogen) atoms. The van der Waals surface area contributed by atoms with E-state index in [0.717, 1.165) is 38.1 Å². The standard InChI is InChI=1S/C24H64N2O3Si6/c1-17-27-34(15,23-19-21-25(30(3,4)5)31(6,7)8)29-35(16,28-18-2)24-20-22-26(32(9,10)11)33(12,13)14/h17-24H2,1-16H3. The third-order valence-corrected chi connectivity index (χ3v) is 29.8. The summed E-state index contributed by atoms with van der Waals surface area (Å²) >= 11 is 0. The Morgan fingerprint density at radius 2 is 0.714 bits per heavy atom. The molecule has 2 unspecified atom stereocenters. The van der Waals surface area contributed by atoms with Gasteiger partial charge in [-0.2, -0.15) is 0 Å². The molecule has 0 heterocycles. The minimum Gasteiger partial charge on any atom is -0.415 e. The van der Waals surface area contributed by atoms with E-state index in [4.69, 9.17) is 13.0 Å². The molecule has 0 aliphatic rings. The molecule has 11 heteroatoms. The Morgan fingerprint density at radius 3 is 0.914 bits per heavy atom. The maximum atomic E-state index is 7.05. The Kier molecular flexibility index (Phi) is 14.4. The molecule has 5 nitrogen and oxygen atoms in total. The van der Waals surface area contributed by atoms with Gasteiger partial charge in [0.1, 0.15) is 32.9 Å². The Hall–Kier alpha value is 1.10. The van der Waals surface area contributed by atoms with E-state index < -0.39 is 50.1 Å². The lowest BCUT2D eigenvalue weighted by Crippen LogP contribution is -2.60. The third kappa shape index (κ3) is 13.6. The summed E-state index contributed by atoms with van der Waals surface area (Å²) in [6.07, 6.45) is 2.32. The monoisotopic (exact) mass is 596 g/mol. The fourth-order valence-electron chi connectivity index (χ4n) is 5.84. The van der Waals surface area contributed by atoms with Crippen molar-refractivity contribution in [2.45, 2.75) is 130 Å². The molecular weight excluding hydrogens is 533 g/mol. The van der Waals surface area contributed by atoms with Gasteiger partial charge in [0.05, 0.1) is 0 Å². The molecule has 0 saturated heterocycles. The average molecular weight is 597 g/mol. The summed E-state index contributed by atoms with van der Waals surface area (Å²) in [6.45, 7) is 42.5. The largest absolute Gasteiger partial charge is 0.415 e. The van der Waals surface area contributed by atoms with Crippen LogP contribution in [0.15, 0.2) is 0 Å². The maximum absolute atomic E-state index is 7.05. The van der Waals surface area contributed by atoms with Crippen LogP contribution in [-0.2, 0) is 13.0 Å². The summed E-state index contributed by atoms with van der Waals surface area (Å²) in [7, 11) is -9.99. The Morgan fingerprint density at radius 1 is 0.457 bits per heavy atom. The Balaban J connectivity index is 5.45. The van der Waals surface area contributed by atoms with Gasteiger partial charge in [-0.25, -0.2) is 0 Å². The first-order valence-corrected chi connectivity index (χ1v) is 32.9. The van der Waals surface area contributed by atoms with E-state index in [-0.39, 0.29) is 0 Å². The molecule has 0 aromatic heterocycles. The van der Waals surface area contributed by atoms with E-state index in [9.17, 15) is 0 Å². The Labute approximate surface area is 227 Å². The summed E-state index contributed by atoms with van der Waals surface area (Å²) in [5.74, 6) is 0. The first kappa shape index (κ1) is 36.1. The van der Waals surface area contributed by atoms with Crippen molar-refractivity contribution < 1.29 is 13.0 Å². The van der Waals surface area contributed by atoms with Gasteiger partial charge in [-0.1, -0.05) is 78.6 Å². The molecule has 0 aromatic carbocycles. The van der Waals surface area contributed by atoms with Crippen molar-refractivity contribution in [1.29, 1.82) is 0 Å². The molecule has 0 bridgehead atoms. The lowest BCUT2D eigenvalue weighted by Gasteiger charge is -2.45. The third-order valence-electron chi connectivity index (χ3n) is 6.60. The van der Waals surface area contributed by atoms with Gasteiger partial charge in [0.2, 0.25) is 0 Å². The van der Waals surface area contributed by atoms with E-state index >= 15 is 0 Å². The number of hydrogen-bond donors (Lipinski definition) is 0. The highest BCUT2D eigenvalue weighted by atomic mass is 28.5. The molecule has 0 rings (SSSR count). The summed E-state index contributed by atoms with van der Waals surface area (Å²) in [6, 6.07) is 2.11. The normalized spacial score (nSPS) is 17.7. The number of rotatable bonds is 18. The van der Waals surface area contributed by atoms with Gasteiger partial charge >= 0.3 is 17.1 Å². The smallest absolute Gasteiger partial charge is 0.326 e. The quantitative estimate of drug-likeness (QED) is 0.150. The highest BCUT2D eigenvalue weighted by Crippen LogP contribution is 2.29. The molecule has 0 spiro atoms. The van der Waals surface area contributed by atoms with Crippen LogP contribution in [0.25, 0.3) is 0 Å². The minimum atomic E-state index is -2.31. The molecule has 0 radical (unpaired) electrons. The molecule has 0 aliphatic heterocycles. The fourth-order valence-corrected chi connectivity index (χ4v) is 33.3. The zero-order chi connectivity index (χ0) is 27.9. The van der Waals surface area contributed by atoms with Crippen LogP contribution in [0.5, 0.6) is 0 Å². The van der Waals surface area contributed by atoms with E-state index in [2.05, 4.69) is 114 Å². The van der Waals surface area contributed by atoms with Crippen LogP contribution in [0.2, 0.25) is 104 Å². The van der Waals surface area contributed by atoms with Crippen molar-refractivity contribution >= 4 is 50.1 Å². The predicted octanol–water partition coefficient (Wildman–Crippen LogP) is 7.94. The van der Waals surface area contributed by atoms with Gasteiger partial charge in [0, 0.05) is 13.2 Å². The molecule has 0 fully saturated rings. The van der Waals surface area contributed by atoms with Crippen molar-refractivity contribution in [3.8, 4) is 0 Å². The van der Waals surface area contributed by atoms with Crippen LogP contribution in [-0.4, -0.2) is 84.8 Å². The zero-order valence-electron chi connectivity index (χ0n) is 26.8. The lowest BCUT2D eigenvalue weighted by atomic mass is 10.5. The van der Waals surface area contributed by atoms with Crippen LogP contribution in [0.1, 0.15) is 26.7 Å². The van der Waals surface area contributed by atoms with Crippen LogP contribution in [0, 0.1) is 0 Å².